The molecule has 4 aromatic rings. The van der Waals surface area contributed by atoms with Gasteiger partial charge in [0.05, 0.1) is 5.69 Å². The quantitative estimate of drug-likeness (QED) is 0.468. The van der Waals surface area contributed by atoms with Crippen LogP contribution in [0.25, 0.3) is 33.3 Å². The molecule has 4 rings (SSSR count). The number of furan rings is 1. The van der Waals surface area contributed by atoms with Crippen LogP contribution in [0.15, 0.2) is 69.6 Å². The Kier molecular flexibility index (Phi) is 2.60. The summed E-state index contributed by atoms with van der Waals surface area (Å²) in [5.74, 6) is 0. The van der Waals surface area contributed by atoms with Gasteiger partial charge in [-0.05, 0) is 30.3 Å². The van der Waals surface area contributed by atoms with Crippen molar-refractivity contribution in [3.8, 4) is 11.3 Å². The maximum atomic E-state index is 5.82. The predicted octanol–water partition coefficient (Wildman–Crippen LogP) is 5.41. The molecule has 0 spiro atoms. The number of pyridine rings is 1. The molecule has 0 amide bonds. The van der Waals surface area contributed by atoms with Gasteiger partial charge in [-0.1, -0.05) is 46.3 Å². The lowest BCUT2D eigenvalue weighted by molar-refractivity contribution is 0.654. The third kappa shape index (κ3) is 1.82. The number of halogens is 1. The summed E-state index contributed by atoms with van der Waals surface area (Å²) in [6.45, 7) is 0. The molecule has 0 fully saturated rings. The van der Waals surface area contributed by atoms with E-state index in [0.717, 1.165) is 32.1 Å². The van der Waals surface area contributed by atoms with E-state index < -0.39 is 0 Å². The van der Waals surface area contributed by atoms with Crippen molar-refractivity contribution in [1.82, 2.24) is 4.98 Å². The maximum absolute atomic E-state index is 5.82. The van der Waals surface area contributed by atoms with Crippen molar-refractivity contribution in [1.29, 1.82) is 0 Å². The Morgan fingerprint density at radius 1 is 0.800 bits per heavy atom. The highest BCUT2D eigenvalue weighted by molar-refractivity contribution is 9.10. The van der Waals surface area contributed by atoms with Crippen LogP contribution in [0.2, 0.25) is 0 Å². The first-order valence-electron chi connectivity index (χ1n) is 6.35. The van der Waals surface area contributed by atoms with Crippen LogP contribution >= 0.6 is 15.9 Å². The van der Waals surface area contributed by atoms with Crippen LogP contribution < -0.4 is 0 Å². The molecule has 0 aliphatic carbocycles. The molecule has 20 heavy (non-hydrogen) atoms. The number of rotatable bonds is 1. The fraction of sp³-hybridized carbons (Fsp3) is 0. The van der Waals surface area contributed by atoms with Crippen LogP contribution in [0.1, 0.15) is 0 Å². The van der Waals surface area contributed by atoms with Crippen molar-refractivity contribution < 1.29 is 4.42 Å². The summed E-state index contributed by atoms with van der Waals surface area (Å²) >= 11 is 3.44. The fourth-order valence-electron chi connectivity index (χ4n) is 2.39. The minimum absolute atomic E-state index is 0.687. The second-order valence-corrected chi connectivity index (χ2v) is 5.57. The van der Waals surface area contributed by atoms with E-state index in [9.17, 15) is 0 Å². The van der Waals surface area contributed by atoms with E-state index >= 15 is 0 Å². The lowest BCUT2D eigenvalue weighted by Crippen LogP contribution is -1.82. The zero-order valence-corrected chi connectivity index (χ0v) is 12.1. The third-order valence-corrected chi connectivity index (χ3v) is 3.91. The van der Waals surface area contributed by atoms with Gasteiger partial charge in [0, 0.05) is 20.8 Å². The van der Waals surface area contributed by atoms with Gasteiger partial charge in [-0.15, -0.1) is 0 Å². The molecule has 3 heteroatoms. The molecule has 0 aliphatic rings. The van der Waals surface area contributed by atoms with Gasteiger partial charge < -0.3 is 4.42 Å². The summed E-state index contributed by atoms with van der Waals surface area (Å²) in [4.78, 5) is 4.63. The summed E-state index contributed by atoms with van der Waals surface area (Å²) in [6, 6.07) is 20.2. The van der Waals surface area contributed by atoms with Crippen LogP contribution in [-0.4, -0.2) is 4.98 Å². The number of hydrogen-bond donors (Lipinski definition) is 0. The summed E-state index contributed by atoms with van der Waals surface area (Å²) in [6.07, 6.45) is 0. The van der Waals surface area contributed by atoms with Crippen LogP contribution in [0, 0.1) is 0 Å². The Morgan fingerprint density at radius 3 is 2.45 bits per heavy atom. The van der Waals surface area contributed by atoms with E-state index in [1.807, 2.05) is 48.5 Å². The lowest BCUT2D eigenvalue weighted by atomic mass is 10.1. The molecule has 2 aromatic carbocycles. The Labute approximate surface area is 124 Å². The average molecular weight is 324 g/mol. The molecular formula is C17H10BrNO. The van der Waals surface area contributed by atoms with Crippen molar-refractivity contribution in [2.24, 2.45) is 0 Å². The Bertz CT molecular complexity index is 909. The zero-order valence-electron chi connectivity index (χ0n) is 10.5. The molecule has 96 valence electrons. The van der Waals surface area contributed by atoms with Crippen LogP contribution in [0.5, 0.6) is 0 Å². The minimum Gasteiger partial charge on any atom is -0.438 e. The Balaban J connectivity index is 1.94. The predicted molar refractivity (Wildman–Crippen MR) is 84.7 cm³/mol. The topological polar surface area (TPSA) is 26.0 Å². The molecule has 0 saturated carbocycles. The van der Waals surface area contributed by atoms with Crippen molar-refractivity contribution in [2.45, 2.75) is 0 Å². The molecule has 2 heterocycles. The molecule has 0 bridgehead atoms. The smallest absolute Gasteiger partial charge is 0.227 e. The van der Waals surface area contributed by atoms with E-state index in [4.69, 9.17) is 4.42 Å². The van der Waals surface area contributed by atoms with Gasteiger partial charge in [0.15, 0.2) is 0 Å². The van der Waals surface area contributed by atoms with Crippen molar-refractivity contribution in [3.63, 3.8) is 0 Å². The molecule has 0 saturated heterocycles. The van der Waals surface area contributed by atoms with Gasteiger partial charge in [0.25, 0.3) is 0 Å². The number of benzene rings is 2. The molecule has 0 aliphatic heterocycles. The van der Waals surface area contributed by atoms with Crippen molar-refractivity contribution in [3.05, 3.63) is 65.1 Å². The van der Waals surface area contributed by atoms with Gasteiger partial charge in [0.1, 0.15) is 5.58 Å². The summed E-state index contributed by atoms with van der Waals surface area (Å²) in [5, 5.41) is 2.17. The first-order chi connectivity index (χ1) is 9.81. The van der Waals surface area contributed by atoms with Gasteiger partial charge in [-0.25, -0.2) is 4.98 Å². The molecule has 0 N–H and O–H groups in total. The van der Waals surface area contributed by atoms with E-state index in [1.165, 1.54) is 0 Å². The first-order valence-corrected chi connectivity index (χ1v) is 7.15. The van der Waals surface area contributed by atoms with E-state index in [-0.39, 0.29) is 0 Å². The SMILES string of the molecule is Brc1ccc(-c2ccc3c(n2)oc2ccccc23)cc1. The highest BCUT2D eigenvalue weighted by Crippen LogP contribution is 2.29. The van der Waals surface area contributed by atoms with E-state index in [1.54, 1.807) is 0 Å². The number of aromatic nitrogens is 1. The van der Waals surface area contributed by atoms with Crippen molar-refractivity contribution in [2.75, 3.05) is 0 Å². The minimum atomic E-state index is 0.687. The Morgan fingerprint density at radius 2 is 1.60 bits per heavy atom. The van der Waals surface area contributed by atoms with E-state index in [0.29, 0.717) is 5.71 Å². The normalized spacial score (nSPS) is 11.2. The van der Waals surface area contributed by atoms with Gasteiger partial charge in [-0.3, -0.25) is 0 Å². The largest absolute Gasteiger partial charge is 0.438 e. The fourth-order valence-corrected chi connectivity index (χ4v) is 2.65. The second kappa shape index (κ2) is 4.46. The van der Waals surface area contributed by atoms with Gasteiger partial charge >= 0.3 is 0 Å². The summed E-state index contributed by atoms with van der Waals surface area (Å²) in [7, 11) is 0. The van der Waals surface area contributed by atoms with Crippen LogP contribution in [-0.2, 0) is 0 Å². The summed E-state index contributed by atoms with van der Waals surface area (Å²) < 4.78 is 6.88. The third-order valence-electron chi connectivity index (χ3n) is 3.38. The molecule has 0 unspecified atom stereocenters. The monoisotopic (exact) mass is 323 g/mol. The summed E-state index contributed by atoms with van der Waals surface area (Å²) in [5.41, 5.74) is 3.56. The number of fused-ring (bicyclic) bond motifs is 3. The van der Waals surface area contributed by atoms with Crippen LogP contribution in [0.4, 0.5) is 0 Å². The highest BCUT2D eigenvalue weighted by atomic mass is 79.9. The molecule has 0 atom stereocenters. The molecule has 2 aromatic heterocycles. The number of nitrogens with zero attached hydrogens (tertiary/aromatic N) is 1. The van der Waals surface area contributed by atoms with Gasteiger partial charge in [-0.2, -0.15) is 0 Å². The number of hydrogen-bond acceptors (Lipinski definition) is 2. The van der Waals surface area contributed by atoms with Gasteiger partial charge in [0.2, 0.25) is 5.71 Å². The molecule has 2 nitrogen and oxygen atoms in total. The first kappa shape index (κ1) is 11.7. The lowest BCUT2D eigenvalue weighted by Gasteiger charge is -2.00. The Hall–Kier alpha value is -2.13. The average Bonchev–Trinajstić information content (AvgIpc) is 2.85. The molecule has 0 radical (unpaired) electrons. The number of para-hydroxylation sites is 1. The maximum Gasteiger partial charge on any atom is 0.227 e. The van der Waals surface area contributed by atoms with Crippen molar-refractivity contribution >= 4 is 38.0 Å². The second-order valence-electron chi connectivity index (χ2n) is 4.65. The zero-order chi connectivity index (χ0) is 13.5. The van der Waals surface area contributed by atoms with Crippen LogP contribution in [0.3, 0.4) is 0 Å². The highest BCUT2D eigenvalue weighted by Gasteiger charge is 2.08. The standard InChI is InChI=1S/C17H10BrNO/c18-12-7-5-11(6-8-12)15-10-9-14-13-3-1-2-4-16(13)20-17(14)19-15/h1-10H. The molecular weight excluding hydrogens is 314 g/mol. The van der Waals surface area contributed by atoms with E-state index in [2.05, 4.69) is 33.0 Å².